The molecule has 458 valence electrons. The predicted octanol–water partition coefficient (Wildman–Crippen LogP) is 1.40. The van der Waals surface area contributed by atoms with Gasteiger partial charge in [0, 0.05) is 54.6 Å². The minimum atomic E-state index is -5.97. The number of carbonyl (C=O) groups is 5. The van der Waals surface area contributed by atoms with Crippen LogP contribution in [0.1, 0.15) is 125 Å². The van der Waals surface area contributed by atoms with Crippen LogP contribution in [-0.4, -0.2) is 115 Å². The first-order valence-electron chi connectivity index (χ1n) is 27.3. The smallest absolute Gasteiger partial charge is 0.274 e. The molecule has 0 spiro atoms. The molecule has 2 aromatic rings. The number of ketones is 1. The molecule has 5 aliphatic rings. The van der Waals surface area contributed by atoms with Gasteiger partial charge in [-0.1, -0.05) is 64.5 Å². The second kappa shape index (κ2) is 26.0. The van der Waals surface area contributed by atoms with Crippen LogP contribution in [-0.2, 0) is 60.3 Å². The Balaban J connectivity index is 0.819. The molecule has 82 heavy (non-hydrogen) atoms. The quantitative estimate of drug-likeness (QED) is 0.0505. The number of phosphoric ester groups is 3. The second-order valence-corrected chi connectivity index (χ2v) is 28.7. The van der Waals surface area contributed by atoms with Crippen LogP contribution in [0.15, 0.2) is 35.4 Å². The molecule has 31 heteroatoms. The van der Waals surface area contributed by atoms with Gasteiger partial charge in [0.2, 0.25) is 16.9 Å². The van der Waals surface area contributed by atoms with Crippen LogP contribution >= 0.6 is 35.2 Å². The first-order chi connectivity index (χ1) is 38.2. The van der Waals surface area contributed by atoms with Crippen molar-refractivity contribution in [3.63, 3.8) is 0 Å². The zero-order valence-electron chi connectivity index (χ0n) is 46.8. The number of aromatic nitrogens is 4. The van der Waals surface area contributed by atoms with Crippen molar-refractivity contribution in [2.75, 3.05) is 37.8 Å². The van der Waals surface area contributed by atoms with E-state index < -0.39 is 96.4 Å². The molecular formula is C51H73N7O20P3S-5. The average Bonchev–Trinajstić information content (AvgIpc) is 3.00. The summed E-state index contributed by atoms with van der Waals surface area (Å²) >= 11 is 0.922. The molecule has 2 amide bonds. The maximum atomic E-state index is 13.5. The Morgan fingerprint density at radius 1 is 0.963 bits per heavy atom. The number of thioether (sulfide) groups is 1. The van der Waals surface area contributed by atoms with Crippen LogP contribution in [0, 0.1) is 51.8 Å². The maximum Gasteiger partial charge on any atom is 0.274 e. The van der Waals surface area contributed by atoms with Gasteiger partial charge in [-0.15, -0.1) is 0 Å². The molecule has 4 aliphatic carbocycles. The Kier molecular flexibility index (Phi) is 20.9. The van der Waals surface area contributed by atoms with E-state index in [0.717, 1.165) is 73.9 Å². The van der Waals surface area contributed by atoms with Crippen molar-refractivity contribution in [2.24, 2.45) is 51.8 Å². The van der Waals surface area contributed by atoms with Gasteiger partial charge in [-0.3, -0.25) is 32.9 Å². The van der Waals surface area contributed by atoms with E-state index in [4.69, 9.17) is 10.5 Å². The number of carboxylic acid groups (broad SMARTS) is 1. The van der Waals surface area contributed by atoms with Crippen molar-refractivity contribution in [2.45, 2.75) is 150 Å². The van der Waals surface area contributed by atoms with Crippen LogP contribution in [0.4, 0.5) is 5.82 Å². The number of nitrogens with two attached hydrogens (primary N) is 1. The Labute approximate surface area is 479 Å². The summed E-state index contributed by atoms with van der Waals surface area (Å²) in [4.78, 5) is 124. The van der Waals surface area contributed by atoms with Crippen LogP contribution in [0.25, 0.3) is 11.2 Å². The van der Waals surface area contributed by atoms with Gasteiger partial charge >= 0.3 is 0 Å². The first kappa shape index (κ1) is 65.7. The fourth-order valence-electron chi connectivity index (χ4n) is 13.5. The summed E-state index contributed by atoms with van der Waals surface area (Å²) in [5.41, 5.74) is 6.47. The lowest BCUT2D eigenvalue weighted by Gasteiger charge is -2.58. The standard InChI is InChI=1S/C51H78N7O20P3S/c1-27(34-12-13-35-33-11-9-30-22-31(59)14-17-50(30,6)36(33)15-18-51(34,35)7)8-10-32(28(2)47(64)65)29(3)48(66)82-21-20-53-38(60)16-19-54-45(63)42(62)49(4,5)24-75-81(72,73)78-80(70,71)74-23-37-41(77-79(67,68)69)40(61)46(76-37)58-26-57-39-43(52)55-25-56-44(39)58/h22,25-28,33-37,40-42,46,61-62H,8-21,23-24H2,1-7H3,(H,53,60)(H,54,63)(H,64,65)(H,70,71)(H,72,73)(H2,52,55,56)(H2,67,68,69)/p-5/b32-29-/t27-,28?,33+,34-,35+,36+,37-,40-,41-,42+,46-,50+,51-/m1/s1. The third-order valence-corrected chi connectivity index (χ3v) is 22.0. The molecule has 4 fully saturated rings. The fourth-order valence-corrected chi connectivity index (χ4v) is 17.0. The number of allylic oxidation sites excluding steroid dienone is 1. The summed E-state index contributed by atoms with van der Waals surface area (Å²) in [5.74, 6) is -1.02. The number of hydrogen-bond donors (Lipinski definition) is 5. The van der Waals surface area contributed by atoms with Gasteiger partial charge in [0.1, 0.15) is 36.3 Å². The molecule has 0 bridgehead atoms. The number of amides is 2. The third kappa shape index (κ3) is 15.0. The minimum absolute atomic E-state index is 0.0310. The molecule has 3 heterocycles. The van der Waals surface area contributed by atoms with Crippen molar-refractivity contribution in [1.29, 1.82) is 0 Å². The van der Waals surface area contributed by atoms with Crippen LogP contribution in [0.2, 0.25) is 0 Å². The molecule has 1 aliphatic heterocycles. The topological polar surface area (TPSA) is 432 Å². The monoisotopic (exact) mass is 1230 g/mol. The van der Waals surface area contributed by atoms with Crippen molar-refractivity contribution in [3.8, 4) is 0 Å². The fraction of sp³-hybridized carbons (Fsp3) is 0.725. The van der Waals surface area contributed by atoms with Gasteiger partial charge in [-0.2, -0.15) is 0 Å². The molecule has 27 nitrogen and oxygen atoms in total. The van der Waals surface area contributed by atoms with Gasteiger partial charge < -0.3 is 78.9 Å². The van der Waals surface area contributed by atoms with E-state index >= 15 is 0 Å². The summed E-state index contributed by atoms with van der Waals surface area (Å²) in [7, 11) is -17.8. The molecule has 15 atom stereocenters. The number of ether oxygens (including phenoxy) is 1. The average molecular weight is 1230 g/mol. The lowest BCUT2D eigenvalue weighted by molar-refractivity contribution is -0.347. The van der Waals surface area contributed by atoms with E-state index in [1.165, 1.54) is 26.3 Å². The normalized spacial score (nSPS) is 30.4. The molecule has 6 N–H and O–H groups in total. The van der Waals surface area contributed by atoms with Crippen LogP contribution in [0.5, 0.6) is 0 Å². The highest BCUT2D eigenvalue weighted by atomic mass is 32.2. The molecular weight excluding hydrogens is 1160 g/mol. The summed E-state index contributed by atoms with van der Waals surface area (Å²) in [6.45, 7) is 10.0. The second-order valence-electron chi connectivity index (χ2n) is 23.5. The van der Waals surface area contributed by atoms with Crippen LogP contribution < -0.4 is 41.0 Å². The van der Waals surface area contributed by atoms with Gasteiger partial charge in [0.25, 0.3) is 15.6 Å². The number of nitrogens with one attached hydrogen (secondary N) is 2. The summed E-state index contributed by atoms with van der Waals surface area (Å²) in [6.07, 6.45) is 3.41. The number of rotatable bonds is 26. The molecule has 1 saturated heterocycles. The maximum absolute atomic E-state index is 13.5. The molecule has 2 aromatic heterocycles. The summed E-state index contributed by atoms with van der Waals surface area (Å²) in [6, 6.07) is 0. The zero-order chi connectivity index (χ0) is 60.5. The SMILES string of the molecule is C/C(C(=O)SCCNC(=O)CCNC(=O)[C@H](O)C(C)(C)COP(=O)([O-])OP(=O)([O-])OC[C@H]1O[C@@H](n2cnc3c(N)ncnc32)[C@H](O)[C@@H]1OP(=O)([O-])[O-])=C(\CC[C@@H](C)[C@H]1CC[C@H]2[C@@H]3CCC4=CC(=O)CC[C@]4(C)[C@H]3CC[C@]12C)C(C)C(=O)[O-]. The number of aliphatic hydroxyl groups is 2. The molecule has 0 aromatic carbocycles. The van der Waals surface area contributed by atoms with E-state index in [-0.39, 0.29) is 69.9 Å². The Morgan fingerprint density at radius 3 is 2.37 bits per heavy atom. The molecule has 3 unspecified atom stereocenters. The summed E-state index contributed by atoms with van der Waals surface area (Å²) < 4.78 is 61.2. The van der Waals surface area contributed by atoms with Crippen molar-refractivity contribution in [3.05, 3.63) is 35.4 Å². The highest BCUT2D eigenvalue weighted by Crippen LogP contribution is 2.68. The lowest BCUT2D eigenvalue weighted by atomic mass is 9.46. The van der Waals surface area contributed by atoms with Crippen molar-refractivity contribution < 1.29 is 95.2 Å². The molecule has 7 rings (SSSR count). The highest BCUT2D eigenvalue weighted by molar-refractivity contribution is 8.14. The number of imidazole rings is 1. The number of hydrogen-bond acceptors (Lipinski definition) is 25. The van der Waals surface area contributed by atoms with Crippen LogP contribution in [0.3, 0.4) is 0 Å². The largest absolute Gasteiger partial charge is 0.790 e. The number of aliphatic hydroxyl groups excluding tert-OH is 2. The number of anilines is 1. The van der Waals surface area contributed by atoms with E-state index in [2.05, 4.69) is 64.2 Å². The Bertz CT molecular complexity index is 2960. The summed E-state index contributed by atoms with van der Waals surface area (Å²) in [5, 5.41) is 38.5. The Morgan fingerprint density at radius 2 is 1.67 bits per heavy atom. The van der Waals surface area contributed by atoms with E-state index in [9.17, 15) is 72.6 Å². The molecule has 3 saturated carbocycles. The number of phosphoric acid groups is 3. The van der Waals surface area contributed by atoms with E-state index in [0.29, 0.717) is 54.1 Å². The number of carbonyl (C=O) groups excluding carboxylic acids is 5. The van der Waals surface area contributed by atoms with Gasteiger partial charge in [-0.05, 0) is 111 Å². The van der Waals surface area contributed by atoms with E-state index in [1.54, 1.807) is 6.92 Å². The van der Waals surface area contributed by atoms with Gasteiger partial charge in [0.05, 0.1) is 27.4 Å². The minimum Gasteiger partial charge on any atom is -0.790 e. The number of nitrogens with zero attached hydrogens (tertiary/aromatic N) is 4. The number of aliphatic carboxylic acids is 1. The van der Waals surface area contributed by atoms with E-state index in [1.807, 2.05) is 6.08 Å². The zero-order valence-corrected chi connectivity index (χ0v) is 50.3. The van der Waals surface area contributed by atoms with Gasteiger partial charge in [0.15, 0.2) is 23.5 Å². The number of nitrogen functional groups attached to an aromatic ring is 1. The van der Waals surface area contributed by atoms with Crippen molar-refractivity contribution in [1.82, 2.24) is 30.2 Å². The molecule has 0 radical (unpaired) electrons. The van der Waals surface area contributed by atoms with Crippen molar-refractivity contribution >= 4 is 80.9 Å². The lowest BCUT2D eigenvalue weighted by Crippen LogP contribution is -2.51. The number of carboxylic acids is 1. The predicted molar refractivity (Wildman–Crippen MR) is 284 cm³/mol. The Hall–Kier alpha value is -3.82. The third-order valence-electron chi connectivity index (χ3n) is 18.0. The highest BCUT2D eigenvalue weighted by Gasteiger charge is 2.59. The number of fused-ring (bicyclic) bond motifs is 6. The van der Waals surface area contributed by atoms with Gasteiger partial charge in [-0.25, -0.2) is 19.3 Å². The first-order valence-corrected chi connectivity index (χ1v) is 32.7.